The Bertz CT molecular complexity index is 1040. The minimum Gasteiger partial charge on any atom is -0.457 e. The highest BCUT2D eigenvalue weighted by atomic mass is 32.2. The predicted molar refractivity (Wildman–Crippen MR) is 100 cm³/mol. The molecule has 1 atom stereocenters. The molecule has 132 valence electrons. The van der Waals surface area contributed by atoms with Crippen molar-refractivity contribution in [2.45, 2.75) is 11.1 Å². The quantitative estimate of drug-likeness (QED) is 0.730. The zero-order chi connectivity index (χ0) is 18.1. The van der Waals surface area contributed by atoms with Gasteiger partial charge < -0.3 is 15.4 Å². The number of rotatable bonds is 4. The summed E-state index contributed by atoms with van der Waals surface area (Å²) in [7, 11) is -3.21. The zero-order valence-corrected chi connectivity index (χ0v) is 14.8. The maximum Gasteiger partial charge on any atom is 0.175 e. The molecule has 0 amide bonds. The smallest absolute Gasteiger partial charge is 0.175 e. The van der Waals surface area contributed by atoms with Gasteiger partial charge in [-0.1, -0.05) is 6.07 Å². The molecule has 1 aliphatic rings. The molecule has 6 nitrogen and oxygen atoms in total. The Kier molecular flexibility index (Phi) is 4.00. The number of hydrogen-bond donors (Lipinski definition) is 2. The first kappa shape index (κ1) is 16.4. The first-order valence-corrected chi connectivity index (χ1v) is 9.94. The number of anilines is 2. The minimum atomic E-state index is -3.21. The summed E-state index contributed by atoms with van der Waals surface area (Å²) in [6, 6.07) is 17.8. The third kappa shape index (κ3) is 3.34. The van der Waals surface area contributed by atoms with Crippen LogP contribution in [0.15, 0.2) is 71.8 Å². The van der Waals surface area contributed by atoms with Crippen LogP contribution in [0.4, 0.5) is 11.4 Å². The molecular formula is C19H17N3O3S. The molecule has 2 heterocycles. The zero-order valence-electron chi connectivity index (χ0n) is 14.0. The summed E-state index contributed by atoms with van der Waals surface area (Å²) in [4.78, 5) is 4.62. The van der Waals surface area contributed by atoms with E-state index in [9.17, 15) is 8.42 Å². The number of nitrogens with one attached hydrogen (secondary N) is 2. The number of hydrogen-bond acceptors (Lipinski definition) is 6. The normalized spacial score (nSPS) is 15.7. The Hall–Kier alpha value is -3.06. The lowest BCUT2D eigenvalue weighted by Gasteiger charge is -2.10. The summed E-state index contributed by atoms with van der Waals surface area (Å²) < 4.78 is 28.9. The summed E-state index contributed by atoms with van der Waals surface area (Å²) in [5.74, 6) is 1.23. The van der Waals surface area contributed by atoms with Crippen LogP contribution in [-0.4, -0.2) is 19.7 Å². The van der Waals surface area contributed by atoms with Crippen molar-refractivity contribution in [3.8, 4) is 11.5 Å². The second kappa shape index (κ2) is 6.34. The van der Waals surface area contributed by atoms with Gasteiger partial charge in [0.25, 0.3) is 0 Å². The molecule has 1 aliphatic heterocycles. The maximum atomic E-state index is 11.5. The summed E-state index contributed by atoms with van der Waals surface area (Å²) in [5, 5.41) is 6.74. The van der Waals surface area contributed by atoms with Crippen molar-refractivity contribution in [3.05, 3.63) is 72.6 Å². The summed E-state index contributed by atoms with van der Waals surface area (Å²) >= 11 is 0. The van der Waals surface area contributed by atoms with Crippen molar-refractivity contribution >= 4 is 21.2 Å². The molecule has 7 heteroatoms. The lowest BCUT2D eigenvalue weighted by atomic mass is 10.2. The van der Waals surface area contributed by atoms with Gasteiger partial charge in [0.1, 0.15) is 17.7 Å². The Balaban J connectivity index is 1.51. The summed E-state index contributed by atoms with van der Waals surface area (Å²) in [6.07, 6.45) is 2.85. The van der Waals surface area contributed by atoms with Gasteiger partial charge in [0.2, 0.25) is 0 Å². The highest BCUT2D eigenvalue weighted by Crippen LogP contribution is 2.38. The van der Waals surface area contributed by atoms with Crippen LogP contribution in [0, 0.1) is 0 Å². The number of pyridine rings is 1. The van der Waals surface area contributed by atoms with Gasteiger partial charge in [-0.15, -0.1) is 0 Å². The molecule has 3 aromatic rings. The fourth-order valence-electron chi connectivity index (χ4n) is 2.76. The Labute approximate surface area is 151 Å². The van der Waals surface area contributed by atoms with Crippen molar-refractivity contribution in [1.29, 1.82) is 0 Å². The lowest BCUT2D eigenvalue weighted by molar-refractivity contribution is 0.482. The lowest BCUT2D eigenvalue weighted by Crippen LogP contribution is -2.13. The first-order chi connectivity index (χ1) is 12.5. The van der Waals surface area contributed by atoms with E-state index < -0.39 is 9.84 Å². The Morgan fingerprint density at radius 3 is 2.35 bits per heavy atom. The van der Waals surface area contributed by atoms with Crippen molar-refractivity contribution < 1.29 is 13.2 Å². The van der Waals surface area contributed by atoms with E-state index in [1.807, 2.05) is 36.4 Å². The van der Waals surface area contributed by atoms with Crippen LogP contribution in [0.25, 0.3) is 0 Å². The van der Waals surface area contributed by atoms with Gasteiger partial charge >= 0.3 is 0 Å². The van der Waals surface area contributed by atoms with Gasteiger partial charge in [-0.05, 0) is 48.5 Å². The second-order valence-corrected chi connectivity index (χ2v) is 8.05. The molecule has 1 aromatic heterocycles. The first-order valence-electron chi connectivity index (χ1n) is 8.05. The molecular weight excluding hydrogens is 350 g/mol. The molecule has 4 rings (SSSR count). The van der Waals surface area contributed by atoms with Gasteiger partial charge in [-0.25, -0.2) is 8.42 Å². The molecule has 0 spiro atoms. The van der Waals surface area contributed by atoms with E-state index >= 15 is 0 Å². The van der Waals surface area contributed by atoms with Gasteiger partial charge in [0.15, 0.2) is 9.84 Å². The average molecular weight is 367 g/mol. The van der Waals surface area contributed by atoms with Crippen molar-refractivity contribution in [3.63, 3.8) is 0 Å². The fourth-order valence-corrected chi connectivity index (χ4v) is 3.40. The van der Waals surface area contributed by atoms with E-state index in [2.05, 4.69) is 15.6 Å². The van der Waals surface area contributed by atoms with Gasteiger partial charge in [0.05, 0.1) is 22.0 Å². The van der Waals surface area contributed by atoms with Crippen LogP contribution in [0.1, 0.15) is 11.9 Å². The maximum absolute atomic E-state index is 11.5. The molecule has 1 unspecified atom stereocenters. The van der Waals surface area contributed by atoms with Crippen LogP contribution in [0.5, 0.6) is 11.5 Å². The molecule has 0 bridgehead atoms. The van der Waals surface area contributed by atoms with Crippen LogP contribution in [0.2, 0.25) is 0 Å². The number of aromatic nitrogens is 1. The minimum absolute atomic E-state index is 0.0875. The number of benzene rings is 2. The largest absolute Gasteiger partial charge is 0.457 e. The Morgan fingerprint density at radius 2 is 1.65 bits per heavy atom. The van der Waals surface area contributed by atoms with E-state index in [-0.39, 0.29) is 11.1 Å². The fraction of sp³-hybridized carbons (Fsp3) is 0.105. The van der Waals surface area contributed by atoms with E-state index in [0.29, 0.717) is 11.5 Å². The highest BCUT2D eigenvalue weighted by molar-refractivity contribution is 7.90. The van der Waals surface area contributed by atoms with E-state index in [1.165, 1.54) is 18.4 Å². The Morgan fingerprint density at radius 1 is 0.923 bits per heavy atom. The van der Waals surface area contributed by atoms with Crippen LogP contribution in [0.3, 0.4) is 0 Å². The predicted octanol–water partition coefficient (Wildman–Crippen LogP) is 3.81. The van der Waals surface area contributed by atoms with E-state index in [0.717, 1.165) is 17.1 Å². The number of fused-ring (bicyclic) bond motifs is 1. The van der Waals surface area contributed by atoms with Gasteiger partial charge in [-0.2, -0.15) is 0 Å². The second-order valence-electron chi connectivity index (χ2n) is 6.03. The van der Waals surface area contributed by atoms with Crippen molar-refractivity contribution in [1.82, 2.24) is 4.98 Å². The molecule has 2 N–H and O–H groups in total. The van der Waals surface area contributed by atoms with Crippen LogP contribution in [-0.2, 0) is 9.84 Å². The molecule has 0 fully saturated rings. The third-order valence-corrected chi connectivity index (χ3v) is 5.19. The summed E-state index contributed by atoms with van der Waals surface area (Å²) in [6.45, 7) is 0. The van der Waals surface area contributed by atoms with Crippen LogP contribution < -0.4 is 15.4 Å². The standard InChI is InChI=1S/C19H17N3O3S/c1-26(23,24)15-8-5-13(6-9-15)25-14-7-10-16-18(12-14)22-19(21-16)17-4-2-3-11-20-17/h2-12,19,21-22H,1H3. The molecule has 0 radical (unpaired) electrons. The third-order valence-electron chi connectivity index (χ3n) is 4.06. The average Bonchev–Trinajstić information content (AvgIpc) is 3.05. The number of nitrogens with zero attached hydrogens (tertiary/aromatic N) is 1. The molecule has 0 aliphatic carbocycles. The monoisotopic (exact) mass is 367 g/mol. The van der Waals surface area contributed by atoms with E-state index in [4.69, 9.17) is 4.74 Å². The van der Waals surface area contributed by atoms with Crippen molar-refractivity contribution in [2.75, 3.05) is 16.9 Å². The molecule has 0 saturated carbocycles. The topological polar surface area (TPSA) is 80.3 Å². The number of ether oxygens (including phenoxy) is 1. The number of sulfone groups is 1. The summed E-state index contributed by atoms with van der Waals surface area (Å²) in [5.41, 5.74) is 2.80. The van der Waals surface area contributed by atoms with Gasteiger partial charge in [-0.3, -0.25) is 4.98 Å². The highest BCUT2D eigenvalue weighted by Gasteiger charge is 2.22. The SMILES string of the molecule is CS(=O)(=O)c1ccc(Oc2ccc3c(c2)NC(c2ccccn2)N3)cc1. The molecule has 0 saturated heterocycles. The van der Waals surface area contributed by atoms with Crippen molar-refractivity contribution in [2.24, 2.45) is 0 Å². The molecule has 2 aromatic carbocycles. The van der Waals surface area contributed by atoms with Crippen LogP contribution >= 0.6 is 0 Å². The molecule has 26 heavy (non-hydrogen) atoms. The van der Waals surface area contributed by atoms with Gasteiger partial charge in [0, 0.05) is 18.5 Å². The van der Waals surface area contributed by atoms with E-state index in [1.54, 1.807) is 18.3 Å².